The molecule has 2 N–H and O–H groups in total. The maximum Gasteiger partial charge on any atom is 0.255 e. The van der Waals surface area contributed by atoms with Crippen molar-refractivity contribution in [3.8, 4) is 6.07 Å². The van der Waals surface area contributed by atoms with E-state index < -0.39 is 15.9 Å². The third-order valence-electron chi connectivity index (χ3n) is 3.53. The van der Waals surface area contributed by atoms with E-state index in [1.807, 2.05) is 25.1 Å². The van der Waals surface area contributed by atoms with E-state index in [0.717, 1.165) is 0 Å². The highest BCUT2D eigenvalue weighted by Gasteiger charge is 2.16. The molecule has 2 aromatic carbocycles. The van der Waals surface area contributed by atoms with Crippen molar-refractivity contribution in [1.82, 2.24) is 9.62 Å². The molecule has 0 heterocycles. The van der Waals surface area contributed by atoms with Gasteiger partial charge in [0.25, 0.3) is 5.91 Å². The van der Waals surface area contributed by atoms with Gasteiger partial charge < -0.3 is 10.2 Å². The van der Waals surface area contributed by atoms with Crippen LogP contribution < -0.4 is 10.0 Å². The normalized spacial score (nSPS) is 11.2. The van der Waals surface area contributed by atoms with Crippen molar-refractivity contribution in [2.24, 2.45) is 0 Å². The molecule has 8 heteroatoms. The third-order valence-corrected chi connectivity index (χ3v) is 4.99. The SMILES string of the molecule is CN(C)CCNS(=O)(=O)c1cccc(C(=O)Nc2ccc(C#N)cc2)c1. The lowest BCUT2D eigenvalue weighted by Crippen LogP contribution is -2.31. The number of nitrogens with zero attached hydrogens (tertiary/aromatic N) is 2. The summed E-state index contributed by atoms with van der Waals surface area (Å²) in [7, 11) is 0.0127. The minimum Gasteiger partial charge on any atom is -0.322 e. The molecule has 7 nitrogen and oxygen atoms in total. The van der Waals surface area contributed by atoms with Crippen LogP contribution in [0.4, 0.5) is 5.69 Å². The summed E-state index contributed by atoms with van der Waals surface area (Å²) in [5.74, 6) is -0.431. The zero-order valence-corrected chi connectivity index (χ0v) is 15.4. The van der Waals surface area contributed by atoms with E-state index in [2.05, 4.69) is 10.0 Å². The summed E-state index contributed by atoms with van der Waals surface area (Å²) in [5, 5.41) is 11.5. The van der Waals surface area contributed by atoms with Gasteiger partial charge in [0.05, 0.1) is 16.5 Å². The first-order valence-corrected chi connectivity index (χ1v) is 9.36. The van der Waals surface area contributed by atoms with Crippen molar-refractivity contribution >= 4 is 21.6 Å². The first-order chi connectivity index (χ1) is 12.3. The van der Waals surface area contributed by atoms with Gasteiger partial charge in [-0.3, -0.25) is 4.79 Å². The van der Waals surface area contributed by atoms with Crippen LogP contribution in [0.5, 0.6) is 0 Å². The smallest absolute Gasteiger partial charge is 0.255 e. The Balaban J connectivity index is 2.12. The van der Waals surface area contributed by atoms with Crippen LogP contribution in [0.15, 0.2) is 53.4 Å². The van der Waals surface area contributed by atoms with E-state index in [-0.39, 0.29) is 17.0 Å². The molecule has 0 aliphatic carbocycles. The number of benzene rings is 2. The largest absolute Gasteiger partial charge is 0.322 e. The monoisotopic (exact) mass is 372 g/mol. The summed E-state index contributed by atoms with van der Waals surface area (Å²) in [6.07, 6.45) is 0. The van der Waals surface area contributed by atoms with Gasteiger partial charge in [-0.25, -0.2) is 13.1 Å². The number of hydrogen-bond acceptors (Lipinski definition) is 5. The number of nitriles is 1. The van der Waals surface area contributed by atoms with Gasteiger partial charge in [0.1, 0.15) is 0 Å². The van der Waals surface area contributed by atoms with Crippen LogP contribution in [0.3, 0.4) is 0 Å². The highest BCUT2D eigenvalue weighted by molar-refractivity contribution is 7.89. The number of sulfonamides is 1. The van der Waals surface area contributed by atoms with Gasteiger partial charge in [-0.15, -0.1) is 0 Å². The Labute approximate surface area is 153 Å². The summed E-state index contributed by atoms with van der Waals surface area (Å²) in [6.45, 7) is 0.842. The Bertz CT molecular complexity index is 916. The lowest BCUT2D eigenvalue weighted by Gasteiger charge is -2.11. The highest BCUT2D eigenvalue weighted by atomic mass is 32.2. The average molecular weight is 372 g/mol. The van der Waals surface area contributed by atoms with Crippen LogP contribution in [0, 0.1) is 11.3 Å². The van der Waals surface area contributed by atoms with E-state index >= 15 is 0 Å². The predicted octanol–water partition coefficient (Wildman–Crippen LogP) is 1.65. The number of amides is 1. The van der Waals surface area contributed by atoms with E-state index in [0.29, 0.717) is 17.8 Å². The molecule has 0 unspecified atom stereocenters. The van der Waals surface area contributed by atoms with Crippen molar-refractivity contribution in [3.63, 3.8) is 0 Å². The summed E-state index contributed by atoms with van der Waals surface area (Å²) < 4.78 is 27.2. The van der Waals surface area contributed by atoms with Crippen molar-refractivity contribution in [1.29, 1.82) is 5.26 Å². The number of hydrogen-bond donors (Lipinski definition) is 2. The molecule has 0 atom stereocenters. The van der Waals surface area contributed by atoms with Crippen LogP contribution in [0.1, 0.15) is 15.9 Å². The van der Waals surface area contributed by atoms with Gasteiger partial charge in [-0.2, -0.15) is 5.26 Å². The standard InChI is InChI=1S/C18H20N4O3S/c1-22(2)11-10-20-26(24,25)17-5-3-4-15(12-17)18(23)21-16-8-6-14(13-19)7-9-16/h3-9,12,20H,10-11H2,1-2H3,(H,21,23). The molecular weight excluding hydrogens is 352 g/mol. The van der Waals surface area contributed by atoms with Crippen LogP contribution in [0.2, 0.25) is 0 Å². The molecule has 1 amide bonds. The molecule has 0 fully saturated rings. The number of nitrogens with one attached hydrogen (secondary N) is 2. The fourth-order valence-corrected chi connectivity index (χ4v) is 3.19. The number of carbonyl (C=O) groups excluding carboxylic acids is 1. The van der Waals surface area contributed by atoms with Crippen LogP contribution in [0.25, 0.3) is 0 Å². The lowest BCUT2D eigenvalue weighted by molar-refractivity contribution is 0.102. The molecule has 0 saturated carbocycles. The molecule has 0 aliphatic heterocycles. The molecule has 0 spiro atoms. The fraction of sp³-hybridized carbons (Fsp3) is 0.222. The van der Waals surface area contributed by atoms with Gasteiger partial charge >= 0.3 is 0 Å². The minimum absolute atomic E-state index is 0.0312. The van der Waals surface area contributed by atoms with Gasteiger partial charge in [0, 0.05) is 24.3 Å². The Hall–Kier alpha value is -2.73. The van der Waals surface area contributed by atoms with Crippen molar-refractivity contribution in [2.45, 2.75) is 4.90 Å². The van der Waals surface area contributed by atoms with E-state index in [1.165, 1.54) is 24.3 Å². The Morgan fingerprint density at radius 1 is 1.15 bits per heavy atom. The number of likely N-dealkylation sites (N-methyl/N-ethyl adjacent to an activating group) is 1. The third kappa shape index (κ3) is 5.39. The average Bonchev–Trinajstić information content (AvgIpc) is 2.62. The Morgan fingerprint density at radius 2 is 1.85 bits per heavy atom. The minimum atomic E-state index is -3.69. The second-order valence-electron chi connectivity index (χ2n) is 5.87. The number of rotatable bonds is 7. The molecule has 0 aliphatic rings. The Morgan fingerprint density at radius 3 is 2.46 bits per heavy atom. The zero-order chi connectivity index (χ0) is 19.2. The number of anilines is 1. The molecule has 136 valence electrons. The van der Waals surface area contributed by atoms with Crippen LogP contribution >= 0.6 is 0 Å². The van der Waals surface area contributed by atoms with Gasteiger partial charge in [-0.05, 0) is 56.6 Å². The highest BCUT2D eigenvalue weighted by Crippen LogP contribution is 2.14. The maximum absolute atomic E-state index is 12.4. The van der Waals surface area contributed by atoms with Gasteiger partial charge in [0.2, 0.25) is 10.0 Å². The Kier molecular flexibility index (Phi) is 6.46. The van der Waals surface area contributed by atoms with Gasteiger partial charge in [0.15, 0.2) is 0 Å². The van der Waals surface area contributed by atoms with Crippen LogP contribution in [-0.4, -0.2) is 46.4 Å². The number of carbonyl (C=O) groups is 1. The van der Waals surface area contributed by atoms with E-state index in [9.17, 15) is 13.2 Å². The second-order valence-corrected chi connectivity index (χ2v) is 7.64. The topological polar surface area (TPSA) is 102 Å². The summed E-state index contributed by atoms with van der Waals surface area (Å²) in [5.41, 5.74) is 1.23. The molecule has 2 rings (SSSR count). The van der Waals surface area contributed by atoms with Crippen molar-refractivity contribution in [3.05, 3.63) is 59.7 Å². The second kappa shape index (κ2) is 8.58. The summed E-state index contributed by atoms with van der Waals surface area (Å²) in [4.78, 5) is 14.2. The predicted molar refractivity (Wildman–Crippen MR) is 99.3 cm³/mol. The van der Waals surface area contributed by atoms with Crippen molar-refractivity contribution in [2.75, 3.05) is 32.5 Å². The molecule has 0 aromatic heterocycles. The maximum atomic E-state index is 12.4. The molecule has 0 radical (unpaired) electrons. The van der Waals surface area contributed by atoms with E-state index in [1.54, 1.807) is 24.3 Å². The molecule has 0 bridgehead atoms. The fourth-order valence-electron chi connectivity index (χ4n) is 2.12. The molecule has 0 saturated heterocycles. The van der Waals surface area contributed by atoms with Gasteiger partial charge in [-0.1, -0.05) is 6.07 Å². The first kappa shape index (κ1) is 19.6. The first-order valence-electron chi connectivity index (χ1n) is 7.88. The summed E-state index contributed by atoms with van der Waals surface area (Å²) in [6, 6.07) is 14.2. The van der Waals surface area contributed by atoms with E-state index in [4.69, 9.17) is 5.26 Å². The molecule has 2 aromatic rings. The molecule has 26 heavy (non-hydrogen) atoms. The quantitative estimate of drug-likeness (QED) is 0.769. The lowest BCUT2D eigenvalue weighted by atomic mass is 10.2. The van der Waals surface area contributed by atoms with Crippen molar-refractivity contribution < 1.29 is 13.2 Å². The van der Waals surface area contributed by atoms with Crippen LogP contribution in [-0.2, 0) is 10.0 Å². The zero-order valence-electron chi connectivity index (χ0n) is 14.6. The summed E-state index contributed by atoms with van der Waals surface area (Å²) >= 11 is 0. The molecular formula is C18H20N4O3S.